The van der Waals surface area contributed by atoms with Gasteiger partial charge >= 0.3 is 6.03 Å². The van der Waals surface area contributed by atoms with Crippen LogP contribution in [-0.2, 0) is 19.4 Å². The van der Waals surface area contributed by atoms with E-state index in [0.717, 1.165) is 30.6 Å². The Labute approximate surface area is 169 Å². The lowest BCUT2D eigenvalue weighted by molar-refractivity contribution is -0.133. The molecule has 1 aromatic rings. The monoisotopic (exact) mass is 419 g/mol. The van der Waals surface area contributed by atoms with E-state index in [-0.39, 0.29) is 22.6 Å². The molecule has 9 heteroatoms. The molecule has 2 saturated carbocycles. The zero-order valence-corrected chi connectivity index (χ0v) is 17.0. The van der Waals surface area contributed by atoms with Crippen LogP contribution in [0.5, 0.6) is 0 Å². The largest absolute Gasteiger partial charge is 0.325 e. The molecular formula is C20H25N3O5S. The minimum absolute atomic E-state index is 0.250. The number of nitrogens with one attached hydrogen (secondary N) is 2. The highest BCUT2D eigenvalue weighted by molar-refractivity contribution is 7.92. The minimum Gasteiger partial charge on any atom is -0.325 e. The van der Waals surface area contributed by atoms with Crippen LogP contribution >= 0.6 is 0 Å². The van der Waals surface area contributed by atoms with E-state index in [1.54, 1.807) is 0 Å². The first-order chi connectivity index (χ1) is 13.8. The fourth-order valence-corrected chi connectivity index (χ4v) is 6.45. The van der Waals surface area contributed by atoms with E-state index in [1.807, 2.05) is 0 Å². The number of benzene rings is 1. The second-order valence-electron chi connectivity index (χ2n) is 8.13. The van der Waals surface area contributed by atoms with Crippen LogP contribution in [0.1, 0.15) is 51.4 Å². The maximum absolute atomic E-state index is 12.6. The first-order valence-corrected chi connectivity index (χ1v) is 11.6. The summed E-state index contributed by atoms with van der Waals surface area (Å²) in [4.78, 5) is 38.3. The van der Waals surface area contributed by atoms with Gasteiger partial charge in [0.05, 0.1) is 10.1 Å². The molecule has 1 heterocycles. The number of sulfone groups is 1. The molecule has 1 spiro atoms. The Kier molecular flexibility index (Phi) is 5.10. The lowest BCUT2D eigenvalue weighted by Gasteiger charge is -2.19. The molecule has 2 N–H and O–H groups in total. The number of hydrogen-bond donors (Lipinski definition) is 2. The summed E-state index contributed by atoms with van der Waals surface area (Å²) in [5.41, 5.74) is -0.420. The van der Waals surface area contributed by atoms with Gasteiger partial charge in [0.25, 0.3) is 5.91 Å². The molecule has 3 fully saturated rings. The number of anilines is 1. The van der Waals surface area contributed by atoms with Crippen molar-refractivity contribution in [1.82, 2.24) is 10.2 Å². The summed E-state index contributed by atoms with van der Waals surface area (Å²) < 4.78 is 25.2. The van der Waals surface area contributed by atoms with Crippen molar-refractivity contribution in [2.75, 3.05) is 11.9 Å². The minimum atomic E-state index is -3.35. The molecule has 8 nitrogen and oxygen atoms in total. The maximum atomic E-state index is 12.6. The summed E-state index contributed by atoms with van der Waals surface area (Å²) in [7, 11) is -3.35. The predicted molar refractivity (Wildman–Crippen MR) is 106 cm³/mol. The molecule has 0 unspecified atom stereocenters. The lowest BCUT2D eigenvalue weighted by atomic mass is 9.98. The smallest absolute Gasteiger partial charge is 0.325 e. The first kappa shape index (κ1) is 19.9. The van der Waals surface area contributed by atoms with Gasteiger partial charge in [-0.1, -0.05) is 25.7 Å². The maximum Gasteiger partial charge on any atom is 0.325 e. The molecule has 0 aromatic heterocycles. The lowest BCUT2D eigenvalue weighted by Crippen LogP contribution is -2.44. The second kappa shape index (κ2) is 7.44. The van der Waals surface area contributed by atoms with Crippen LogP contribution in [0.2, 0.25) is 0 Å². The highest BCUT2D eigenvalue weighted by Crippen LogP contribution is 2.35. The quantitative estimate of drug-likeness (QED) is 0.711. The van der Waals surface area contributed by atoms with Gasteiger partial charge < -0.3 is 10.6 Å². The summed E-state index contributed by atoms with van der Waals surface area (Å²) in [6.45, 7) is -0.367. The molecule has 0 radical (unpaired) electrons. The summed E-state index contributed by atoms with van der Waals surface area (Å²) >= 11 is 0. The second-order valence-corrected chi connectivity index (χ2v) is 10.4. The van der Waals surface area contributed by atoms with Crippen molar-refractivity contribution < 1.29 is 22.8 Å². The van der Waals surface area contributed by atoms with Crippen LogP contribution in [0.4, 0.5) is 10.5 Å². The SMILES string of the molecule is O=C(CN1C(=O)NC2(CCCC2)C1=O)Nc1ccc(S(=O)(=O)C2CCCC2)cc1. The summed E-state index contributed by atoms with van der Waals surface area (Å²) in [5, 5.41) is 5.04. The third-order valence-electron chi connectivity index (χ3n) is 6.21. The van der Waals surface area contributed by atoms with Crippen LogP contribution in [0.15, 0.2) is 29.2 Å². The Morgan fingerprint density at radius 2 is 1.69 bits per heavy atom. The molecule has 1 aromatic carbocycles. The molecular weight excluding hydrogens is 394 g/mol. The van der Waals surface area contributed by atoms with Crippen molar-refractivity contribution in [3.05, 3.63) is 24.3 Å². The number of nitrogens with zero attached hydrogens (tertiary/aromatic N) is 1. The molecule has 0 bridgehead atoms. The van der Waals surface area contributed by atoms with Gasteiger partial charge in [0, 0.05) is 5.69 Å². The van der Waals surface area contributed by atoms with Gasteiger partial charge in [0.1, 0.15) is 12.1 Å². The molecule has 1 saturated heterocycles. The Morgan fingerprint density at radius 3 is 2.31 bits per heavy atom. The summed E-state index contributed by atoms with van der Waals surface area (Å²) in [6.07, 6.45) is 6.20. The third kappa shape index (κ3) is 3.63. The Bertz CT molecular complexity index is 929. The molecule has 2 aliphatic carbocycles. The van der Waals surface area contributed by atoms with E-state index >= 15 is 0 Å². The summed E-state index contributed by atoms with van der Waals surface area (Å²) in [6, 6.07) is 5.51. The van der Waals surface area contributed by atoms with Gasteiger partial charge in [0.2, 0.25) is 5.91 Å². The van der Waals surface area contributed by atoms with Crippen LogP contribution in [0.25, 0.3) is 0 Å². The van der Waals surface area contributed by atoms with Crippen molar-refractivity contribution in [3.63, 3.8) is 0 Å². The van der Waals surface area contributed by atoms with Gasteiger partial charge in [0.15, 0.2) is 9.84 Å². The van der Waals surface area contributed by atoms with E-state index < -0.39 is 27.3 Å². The molecule has 1 aliphatic heterocycles. The number of urea groups is 1. The zero-order valence-electron chi connectivity index (χ0n) is 16.1. The summed E-state index contributed by atoms with van der Waals surface area (Å²) in [5.74, 6) is -0.844. The molecule has 4 amide bonds. The standard InChI is InChI=1S/C20H25N3O5S/c24-17(13-23-18(25)20(22-19(23)26)11-3-4-12-20)21-14-7-9-16(10-8-14)29(27,28)15-5-1-2-6-15/h7-10,15H,1-6,11-13H2,(H,21,24)(H,22,26). The first-order valence-electron chi connectivity index (χ1n) is 10.1. The van der Waals surface area contributed by atoms with Gasteiger partial charge in [-0.25, -0.2) is 13.2 Å². The Morgan fingerprint density at radius 1 is 1.07 bits per heavy atom. The fraction of sp³-hybridized carbons (Fsp3) is 0.550. The topological polar surface area (TPSA) is 113 Å². The highest BCUT2D eigenvalue weighted by atomic mass is 32.2. The Balaban J connectivity index is 1.39. The van der Waals surface area contributed by atoms with E-state index in [1.165, 1.54) is 24.3 Å². The van der Waals surface area contributed by atoms with Crippen LogP contribution in [0, 0.1) is 0 Å². The van der Waals surface area contributed by atoms with E-state index in [9.17, 15) is 22.8 Å². The van der Waals surface area contributed by atoms with Gasteiger partial charge in [-0.3, -0.25) is 14.5 Å². The fourth-order valence-electron chi connectivity index (χ4n) is 4.60. The zero-order chi connectivity index (χ0) is 20.6. The predicted octanol–water partition coefficient (Wildman–Crippen LogP) is 2.21. The van der Waals surface area contributed by atoms with Crippen molar-refractivity contribution in [2.24, 2.45) is 0 Å². The van der Waals surface area contributed by atoms with E-state index in [2.05, 4.69) is 10.6 Å². The Hall–Kier alpha value is -2.42. The van der Waals surface area contributed by atoms with Crippen molar-refractivity contribution in [1.29, 1.82) is 0 Å². The number of imide groups is 1. The van der Waals surface area contributed by atoms with Gasteiger partial charge in [-0.05, 0) is 49.9 Å². The number of carbonyl (C=O) groups is 3. The molecule has 29 heavy (non-hydrogen) atoms. The van der Waals surface area contributed by atoms with Crippen LogP contribution in [0.3, 0.4) is 0 Å². The molecule has 4 rings (SSSR count). The van der Waals surface area contributed by atoms with Crippen molar-refractivity contribution in [2.45, 2.75) is 67.1 Å². The van der Waals surface area contributed by atoms with Crippen molar-refractivity contribution in [3.8, 4) is 0 Å². The van der Waals surface area contributed by atoms with E-state index in [0.29, 0.717) is 31.4 Å². The van der Waals surface area contributed by atoms with Crippen molar-refractivity contribution >= 4 is 33.4 Å². The third-order valence-corrected chi connectivity index (χ3v) is 8.49. The molecule has 3 aliphatic rings. The number of amides is 4. The number of hydrogen-bond acceptors (Lipinski definition) is 5. The van der Waals surface area contributed by atoms with E-state index in [4.69, 9.17) is 0 Å². The average molecular weight is 420 g/mol. The average Bonchev–Trinajstić information content (AvgIpc) is 3.42. The van der Waals surface area contributed by atoms with Crippen LogP contribution in [-0.4, -0.2) is 48.5 Å². The number of rotatable bonds is 5. The van der Waals surface area contributed by atoms with Crippen LogP contribution < -0.4 is 10.6 Å². The molecule has 156 valence electrons. The number of carbonyl (C=O) groups excluding carboxylic acids is 3. The van der Waals surface area contributed by atoms with Gasteiger partial charge in [-0.2, -0.15) is 0 Å². The normalized spacial score (nSPS) is 21.7. The van der Waals surface area contributed by atoms with Gasteiger partial charge in [-0.15, -0.1) is 0 Å². The highest BCUT2D eigenvalue weighted by Gasteiger charge is 2.52. The molecule has 0 atom stereocenters.